The lowest BCUT2D eigenvalue weighted by Crippen LogP contribution is -2.47. The van der Waals surface area contributed by atoms with Crippen LogP contribution in [0, 0.1) is 5.92 Å². The van der Waals surface area contributed by atoms with Crippen LogP contribution in [0.25, 0.3) is 0 Å². The number of aliphatic hydroxyl groups excluding tert-OH is 1. The van der Waals surface area contributed by atoms with Crippen LogP contribution in [0.2, 0.25) is 0 Å². The van der Waals surface area contributed by atoms with Crippen LogP contribution in [0.4, 0.5) is 16.8 Å². The normalized spacial score (nSPS) is 21.0. The minimum atomic E-state index is 0.257. The summed E-state index contributed by atoms with van der Waals surface area (Å²) >= 11 is 1.80. The van der Waals surface area contributed by atoms with Gasteiger partial charge in [0.1, 0.15) is 18.0 Å². The summed E-state index contributed by atoms with van der Waals surface area (Å²) in [6.45, 7) is 8.13. The Morgan fingerprint density at radius 1 is 1.04 bits per heavy atom. The molecule has 0 radical (unpaired) electrons. The van der Waals surface area contributed by atoms with Gasteiger partial charge >= 0.3 is 0 Å². The second-order valence-electron chi connectivity index (χ2n) is 7.31. The minimum Gasteiger partial charge on any atom is -0.396 e. The van der Waals surface area contributed by atoms with E-state index in [2.05, 4.69) is 42.6 Å². The van der Waals surface area contributed by atoms with Crippen molar-refractivity contribution in [3.8, 4) is 0 Å². The van der Waals surface area contributed by atoms with Crippen molar-refractivity contribution in [1.29, 1.82) is 0 Å². The fourth-order valence-electron chi connectivity index (χ4n) is 3.84. The third kappa shape index (κ3) is 4.16. The number of aryl methyl sites for hydroxylation is 1. The van der Waals surface area contributed by atoms with Gasteiger partial charge in [0.05, 0.1) is 0 Å². The molecule has 1 N–H and O–H groups in total. The van der Waals surface area contributed by atoms with Crippen LogP contribution in [-0.4, -0.2) is 65.9 Å². The second-order valence-corrected chi connectivity index (χ2v) is 8.40. The highest BCUT2D eigenvalue weighted by Gasteiger charge is 2.23. The number of hydrogen-bond acceptors (Lipinski definition) is 8. The number of aromatic nitrogens is 3. The molecule has 2 aliphatic heterocycles. The lowest BCUT2D eigenvalue weighted by molar-refractivity contribution is 0.208. The van der Waals surface area contributed by atoms with Crippen molar-refractivity contribution >= 4 is 28.1 Å². The first-order valence-electron chi connectivity index (χ1n) is 9.89. The van der Waals surface area contributed by atoms with Crippen LogP contribution in [0.3, 0.4) is 0 Å². The first-order chi connectivity index (χ1) is 13.3. The number of rotatable bonds is 5. The summed E-state index contributed by atoms with van der Waals surface area (Å²) in [7, 11) is 0. The summed E-state index contributed by atoms with van der Waals surface area (Å²) in [5.74, 6) is 2.33. The Kier molecular flexibility index (Phi) is 5.73. The summed E-state index contributed by atoms with van der Waals surface area (Å²) in [5, 5.41) is 10.6. The van der Waals surface area contributed by atoms with E-state index in [1.54, 1.807) is 17.7 Å². The topological polar surface area (TPSA) is 68.6 Å². The van der Waals surface area contributed by atoms with Crippen LogP contribution < -0.4 is 14.7 Å². The van der Waals surface area contributed by atoms with E-state index in [0.29, 0.717) is 5.92 Å². The summed E-state index contributed by atoms with van der Waals surface area (Å²) in [4.78, 5) is 21.9. The van der Waals surface area contributed by atoms with Crippen LogP contribution in [-0.2, 0) is 6.42 Å². The third-order valence-corrected chi connectivity index (χ3v) is 6.71. The van der Waals surface area contributed by atoms with Crippen molar-refractivity contribution < 1.29 is 5.11 Å². The van der Waals surface area contributed by atoms with E-state index in [1.165, 1.54) is 4.88 Å². The SMILES string of the molecule is CCc1cnc(N2CCN(c3cc(N4CCCC(CO)C4)ncn3)CC2)s1. The van der Waals surface area contributed by atoms with Gasteiger partial charge in [0.15, 0.2) is 5.13 Å². The third-order valence-electron chi connectivity index (χ3n) is 5.50. The average Bonchev–Trinajstić information content (AvgIpc) is 3.23. The molecule has 2 fully saturated rings. The molecule has 27 heavy (non-hydrogen) atoms. The number of piperidine rings is 1. The smallest absolute Gasteiger partial charge is 0.185 e. The molecular formula is C19H28N6OS. The molecule has 8 heteroatoms. The number of thiazole rings is 1. The molecule has 0 saturated carbocycles. The average molecular weight is 389 g/mol. The first-order valence-corrected chi connectivity index (χ1v) is 10.7. The molecule has 0 aromatic carbocycles. The summed E-state index contributed by atoms with van der Waals surface area (Å²) in [6.07, 6.45) is 6.93. The maximum absolute atomic E-state index is 9.47. The molecule has 4 rings (SSSR count). The predicted molar refractivity (Wildman–Crippen MR) is 110 cm³/mol. The monoisotopic (exact) mass is 388 g/mol. The fraction of sp³-hybridized carbons (Fsp3) is 0.632. The van der Waals surface area contributed by atoms with Crippen LogP contribution >= 0.6 is 11.3 Å². The molecule has 1 unspecified atom stereocenters. The molecule has 2 aliphatic rings. The molecule has 1 atom stereocenters. The van der Waals surface area contributed by atoms with Gasteiger partial charge in [-0.3, -0.25) is 0 Å². The minimum absolute atomic E-state index is 0.257. The first kappa shape index (κ1) is 18.4. The Morgan fingerprint density at radius 2 is 1.78 bits per heavy atom. The van der Waals surface area contributed by atoms with Gasteiger partial charge in [-0.1, -0.05) is 6.92 Å². The summed E-state index contributed by atoms with van der Waals surface area (Å²) in [6, 6.07) is 2.11. The maximum Gasteiger partial charge on any atom is 0.185 e. The highest BCUT2D eigenvalue weighted by Crippen LogP contribution is 2.27. The number of anilines is 3. The predicted octanol–water partition coefficient (Wildman–Crippen LogP) is 2.03. The summed E-state index contributed by atoms with van der Waals surface area (Å²) in [5.41, 5.74) is 0. The Morgan fingerprint density at radius 3 is 2.48 bits per heavy atom. The van der Waals surface area contributed by atoms with E-state index in [9.17, 15) is 5.11 Å². The van der Waals surface area contributed by atoms with Crippen molar-refractivity contribution in [3.63, 3.8) is 0 Å². The number of aliphatic hydroxyl groups is 1. The summed E-state index contributed by atoms with van der Waals surface area (Å²) < 4.78 is 0. The second kappa shape index (κ2) is 8.39. The number of hydrogen-bond donors (Lipinski definition) is 1. The molecule has 4 heterocycles. The fourth-order valence-corrected chi connectivity index (χ4v) is 4.74. The van der Waals surface area contributed by atoms with Gasteiger partial charge < -0.3 is 19.8 Å². The van der Waals surface area contributed by atoms with Crippen LogP contribution in [0.5, 0.6) is 0 Å². The Bertz CT molecular complexity index is 745. The van der Waals surface area contributed by atoms with Gasteiger partial charge in [0.2, 0.25) is 0 Å². The molecule has 0 spiro atoms. The Labute approximate surface area is 164 Å². The van der Waals surface area contributed by atoms with E-state index in [0.717, 1.165) is 75.3 Å². The standard InChI is InChI=1S/C19H28N6OS/c1-2-16-11-20-19(27-16)24-8-6-23(7-9-24)17-10-18(22-14-21-17)25-5-3-4-15(12-25)13-26/h10-11,14-15,26H,2-9,12-13H2,1H3. The molecule has 146 valence electrons. The Hall–Kier alpha value is -1.93. The number of nitrogens with zero attached hydrogens (tertiary/aromatic N) is 6. The molecule has 2 aromatic heterocycles. The van der Waals surface area contributed by atoms with E-state index in [1.807, 2.05) is 6.20 Å². The van der Waals surface area contributed by atoms with Gasteiger partial charge in [0, 0.05) is 63.0 Å². The van der Waals surface area contributed by atoms with Gasteiger partial charge in [-0.05, 0) is 25.2 Å². The van der Waals surface area contributed by atoms with Crippen molar-refractivity contribution in [2.75, 3.05) is 60.6 Å². The zero-order chi connectivity index (χ0) is 18.6. The van der Waals surface area contributed by atoms with Gasteiger partial charge in [-0.25, -0.2) is 15.0 Å². The van der Waals surface area contributed by atoms with Gasteiger partial charge in [-0.2, -0.15) is 0 Å². The Balaban J connectivity index is 1.39. The molecule has 0 amide bonds. The van der Waals surface area contributed by atoms with Crippen molar-refractivity contribution in [2.24, 2.45) is 5.92 Å². The zero-order valence-corrected chi connectivity index (χ0v) is 16.7. The highest BCUT2D eigenvalue weighted by molar-refractivity contribution is 7.15. The van der Waals surface area contributed by atoms with Crippen LogP contribution in [0.15, 0.2) is 18.6 Å². The van der Waals surface area contributed by atoms with E-state index >= 15 is 0 Å². The van der Waals surface area contributed by atoms with E-state index in [4.69, 9.17) is 0 Å². The lowest BCUT2D eigenvalue weighted by atomic mass is 9.99. The van der Waals surface area contributed by atoms with Crippen molar-refractivity contribution in [2.45, 2.75) is 26.2 Å². The highest BCUT2D eigenvalue weighted by atomic mass is 32.1. The largest absolute Gasteiger partial charge is 0.396 e. The van der Waals surface area contributed by atoms with E-state index < -0.39 is 0 Å². The molecule has 2 saturated heterocycles. The lowest BCUT2D eigenvalue weighted by Gasteiger charge is -2.36. The van der Waals surface area contributed by atoms with Gasteiger partial charge in [-0.15, -0.1) is 11.3 Å². The quantitative estimate of drug-likeness (QED) is 0.840. The van der Waals surface area contributed by atoms with Crippen molar-refractivity contribution in [1.82, 2.24) is 15.0 Å². The molecule has 0 aliphatic carbocycles. The number of piperazine rings is 1. The van der Waals surface area contributed by atoms with Gasteiger partial charge in [0.25, 0.3) is 0 Å². The molecule has 7 nitrogen and oxygen atoms in total. The van der Waals surface area contributed by atoms with Crippen LogP contribution in [0.1, 0.15) is 24.6 Å². The zero-order valence-electron chi connectivity index (χ0n) is 15.9. The molecule has 2 aromatic rings. The maximum atomic E-state index is 9.47. The van der Waals surface area contributed by atoms with E-state index in [-0.39, 0.29) is 6.61 Å². The van der Waals surface area contributed by atoms with Crippen molar-refractivity contribution in [3.05, 3.63) is 23.5 Å². The molecule has 0 bridgehead atoms. The molecular weight excluding hydrogens is 360 g/mol.